The second-order valence-electron chi connectivity index (χ2n) is 5.23. The second kappa shape index (κ2) is 6.87. The maximum Gasteiger partial charge on any atom is 0.129 e. The van der Waals surface area contributed by atoms with Crippen molar-refractivity contribution in [2.24, 2.45) is 0 Å². The Morgan fingerprint density at radius 3 is 2.89 bits per heavy atom. The molecule has 1 atom stereocenters. The number of aliphatic hydroxyl groups is 1. The van der Waals surface area contributed by atoms with Crippen molar-refractivity contribution in [1.82, 2.24) is 10.3 Å². The van der Waals surface area contributed by atoms with E-state index >= 15 is 0 Å². The van der Waals surface area contributed by atoms with Gasteiger partial charge >= 0.3 is 0 Å². The van der Waals surface area contributed by atoms with E-state index in [9.17, 15) is 5.11 Å². The summed E-state index contributed by atoms with van der Waals surface area (Å²) in [6.45, 7) is 6.11. The minimum atomic E-state index is 0.186. The quantitative estimate of drug-likeness (QED) is 0.791. The molecule has 1 saturated carbocycles. The van der Waals surface area contributed by atoms with E-state index in [2.05, 4.69) is 41.2 Å². The molecule has 4 nitrogen and oxygen atoms in total. The summed E-state index contributed by atoms with van der Waals surface area (Å²) >= 11 is 0. The van der Waals surface area contributed by atoms with E-state index in [0.29, 0.717) is 18.6 Å². The molecule has 2 N–H and O–H groups in total. The molecule has 1 aliphatic carbocycles. The molecule has 4 heteroatoms. The van der Waals surface area contributed by atoms with E-state index in [4.69, 9.17) is 0 Å². The lowest BCUT2D eigenvalue weighted by atomic mass is 9.91. The minimum Gasteiger partial charge on any atom is -0.395 e. The van der Waals surface area contributed by atoms with E-state index in [1.54, 1.807) is 0 Å². The van der Waals surface area contributed by atoms with Crippen molar-refractivity contribution in [2.75, 3.05) is 24.6 Å². The molecule has 0 amide bonds. The van der Waals surface area contributed by atoms with Crippen LogP contribution in [-0.4, -0.2) is 35.8 Å². The van der Waals surface area contributed by atoms with E-state index in [1.807, 2.05) is 6.20 Å². The van der Waals surface area contributed by atoms with Crippen molar-refractivity contribution in [3.05, 3.63) is 23.9 Å². The van der Waals surface area contributed by atoms with Crippen LogP contribution in [0.5, 0.6) is 0 Å². The maximum atomic E-state index is 9.25. The molecule has 0 bridgehead atoms. The van der Waals surface area contributed by atoms with Crippen molar-refractivity contribution in [1.29, 1.82) is 0 Å². The van der Waals surface area contributed by atoms with Crippen molar-refractivity contribution < 1.29 is 5.11 Å². The average Bonchev–Trinajstić information content (AvgIpc) is 2.37. The van der Waals surface area contributed by atoms with E-state index < -0.39 is 0 Å². The van der Waals surface area contributed by atoms with Crippen LogP contribution in [-0.2, 0) is 0 Å². The van der Waals surface area contributed by atoms with Crippen LogP contribution in [0, 0.1) is 0 Å². The summed E-state index contributed by atoms with van der Waals surface area (Å²) in [5.74, 6) is 1.00. The number of aromatic nitrogens is 1. The number of rotatable bonds is 7. The first-order valence-electron chi connectivity index (χ1n) is 7.33. The molecule has 0 aliphatic heterocycles. The van der Waals surface area contributed by atoms with Gasteiger partial charge in [-0.25, -0.2) is 4.98 Å². The van der Waals surface area contributed by atoms with Crippen molar-refractivity contribution >= 4 is 5.82 Å². The maximum absolute atomic E-state index is 9.25. The Hall–Kier alpha value is -1.13. The highest BCUT2D eigenvalue weighted by atomic mass is 16.3. The molecule has 19 heavy (non-hydrogen) atoms. The van der Waals surface area contributed by atoms with Crippen LogP contribution in [0.3, 0.4) is 0 Å². The van der Waals surface area contributed by atoms with Crippen LogP contribution in [0.2, 0.25) is 0 Å². The number of anilines is 1. The zero-order valence-corrected chi connectivity index (χ0v) is 12.0. The lowest BCUT2D eigenvalue weighted by Gasteiger charge is -2.38. The third-order valence-electron chi connectivity index (χ3n) is 3.93. The largest absolute Gasteiger partial charge is 0.395 e. The van der Waals surface area contributed by atoms with Gasteiger partial charge in [0.25, 0.3) is 0 Å². The van der Waals surface area contributed by atoms with E-state index in [1.165, 1.54) is 24.8 Å². The summed E-state index contributed by atoms with van der Waals surface area (Å²) in [5.41, 5.74) is 1.26. The molecule has 0 spiro atoms. The fraction of sp³-hybridized carbons (Fsp3) is 0.667. The fourth-order valence-corrected chi connectivity index (χ4v) is 2.57. The normalized spacial score (nSPS) is 17.0. The van der Waals surface area contributed by atoms with Crippen LogP contribution in [0.15, 0.2) is 18.3 Å². The summed E-state index contributed by atoms with van der Waals surface area (Å²) in [6.07, 6.45) is 5.60. The van der Waals surface area contributed by atoms with Crippen molar-refractivity contribution in [2.45, 2.75) is 45.2 Å². The van der Waals surface area contributed by atoms with Gasteiger partial charge in [-0.05, 0) is 50.4 Å². The zero-order chi connectivity index (χ0) is 13.7. The molecule has 0 saturated heterocycles. The summed E-state index contributed by atoms with van der Waals surface area (Å²) < 4.78 is 0. The van der Waals surface area contributed by atoms with E-state index in [-0.39, 0.29) is 6.61 Å². The molecule has 0 aromatic carbocycles. The van der Waals surface area contributed by atoms with Gasteiger partial charge in [-0.2, -0.15) is 0 Å². The lowest BCUT2D eigenvalue weighted by molar-refractivity contribution is 0.283. The van der Waals surface area contributed by atoms with E-state index in [0.717, 1.165) is 12.4 Å². The van der Waals surface area contributed by atoms with Crippen LogP contribution >= 0.6 is 0 Å². The fourth-order valence-electron chi connectivity index (χ4n) is 2.57. The first-order valence-corrected chi connectivity index (χ1v) is 7.33. The predicted octanol–water partition coefficient (Wildman–Crippen LogP) is 2.10. The van der Waals surface area contributed by atoms with Gasteiger partial charge in [-0.1, -0.05) is 6.92 Å². The van der Waals surface area contributed by atoms with Crippen molar-refractivity contribution in [3.8, 4) is 0 Å². The van der Waals surface area contributed by atoms with Crippen LogP contribution in [0.1, 0.15) is 44.7 Å². The molecule has 1 aliphatic rings. The highest BCUT2D eigenvalue weighted by molar-refractivity contribution is 5.43. The van der Waals surface area contributed by atoms with Crippen LogP contribution in [0.4, 0.5) is 5.82 Å². The Morgan fingerprint density at radius 2 is 2.32 bits per heavy atom. The monoisotopic (exact) mass is 263 g/mol. The third-order valence-corrected chi connectivity index (χ3v) is 3.93. The number of nitrogens with zero attached hydrogens (tertiary/aromatic N) is 2. The molecule has 0 radical (unpaired) electrons. The second-order valence-corrected chi connectivity index (χ2v) is 5.23. The third kappa shape index (κ3) is 3.45. The van der Waals surface area contributed by atoms with Gasteiger partial charge in [0.05, 0.1) is 6.61 Å². The van der Waals surface area contributed by atoms with Gasteiger partial charge in [-0.15, -0.1) is 0 Å². The Bertz CT molecular complexity index is 393. The summed E-state index contributed by atoms with van der Waals surface area (Å²) in [5, 5.41) is 12.7. The lowest BCUT2D eigenvalue weighted by Crippen LogP contribution is -2.42. The number of nitrogens with one attached hydrogen (secondary N) is 1. The molecule has 106 valence electrons. The average molecular weight is 263 g/mol. The Morgan fingerprint density at radius 1 is 1.53 bits per heavy atom. The Labute approximate surface area is 115 Å². The first-order chi connectivity index (χ1) is 9.26. The predicted molar refractivity (Wildman–Crippen MR) is 78.4 cm³/mol. The van der Waals surface area contributed by atoms with Gasteiger partial charge in [-0.3, -0.25) is 0 Å². The molecule has 1 aromatic rings. The van der Waals surface area contributed by atoms with Crippen molar-refractivity contribution in [3.63, 3.8) is 0 Å². The Balaban J connectivity index is 2.14. The first kappa shape index (κ1) is 14.3. The zero-order valence-electron chi connectivity index (χ0n) is 12.0. The minimum absolute atomic E-state index is 0.186. The summed E-state index contributed by atoms with van der Waals surface area (Å²) in [4.78, 5) is 6.75. The molecular formula is C15H25N3O. The SMILES string of the molecule is CCNC(C)c1ccnc(N(CCO)C2CCC2)c1. The number of aliphatic hydroxyl groups excluding tert-OH is 1. The smallest absolute Gasteiger partial charge is 0.129 e. The summed E-state index contributed by atoms with van der Waals surface area (Å²) in [7, 11) is 0. The number of pyridine rings is 1. The molecule has 1 unspecified atom stereocenters. The number of hydrogen-bond acceptors (Lipinski definition) is 4. The van der Waals surface area contributed by atoms with Gasteiger partial charge in [0.1, 0.15) is 5.82 Å². The highest BCUT2D eigenvalue weighted by Crippen LogP contribution is 2.29. The van der Waals surface area contributed by atoms with Gasteiger partial charge in [0.15, 0.2) is 0 Å². The van der Waals surface area contributed by atoms with Crippen LogP contribution < -0.4 is 10.2 Å². The standard InChI is InChI=1S/C15H25N3O/c1-3-16-12(2)13-7-8-17-15(11-13)18(9-10-19)14-5-4-6-14/h7-8,11-12,14,16,19H,3-6,9-10H2,1-2H3. The van der Waals surface area contributed by atoms with Gasteiger partial charge in [0.2, 0.25) is 0 Å². The van der Waals surface area contributed by atoms with Gasteiger partial charge in [0, 0.05) is 24.8 Å². The molecule has 2 rings (SSSR count). The molecule has 1 heterocycles. The topological polar surface area (TPSA) is 48.4 Å². The van der Waals surface area contributed by atoms with Crippen LogP contribution in [0.25, 0.3) is 0 Å². The van der Waals surface area contributed by atoms with Gasteiger partial charge < -0.3 is 15.3 Å². The summed E-state index contributed by atoms with van der Waals surface area (Å²) in [6, 6.07) is 5.12. The number of hydrogen-bond donors (Lipinski definition) is 2. The highest BCUT2D eigenvalue weighted by Gasteiger charge is 2.25. The molecule has 1 fully saturated rings. The molecular weight excluding hydrogens is 238 g/mol. The Kier molecular flexibility index (Phi) is 5.16. The molecule has 1 aromatic heterocycles.